The van der Waals surface area contributed by atoms with E-state index in [0.717, 1.165) is 31.4 Å². The van der Waals surface area contributed by atoms with Gasteiger partial charge in [-0.1, -0.05) is 25.0 Å². The number of carbonyl (C=O) groups is 1. The van der Waals surface area contributed by atoms with Crippen LogP contribution in [-0.4, -0.2) is 30.9 Å². The first-order chi connectivity index (χ1) is 9.20. The Morgan fingerprint density at radius 3 is 3.00 bits per heavy atom. The maximum absolute atomic E-state index is 13.4. The third-order valence-electron chi connectivity index (χ3n) is 3.72. The molecule has 1 saturated heterocycles. The summed E-state index contributed by atoms with van der Waals surface area (Å²) in [6.45, 7) is 1.28. The molecule has 1 aromatic carbocycles. The lowest BCUT2D eigenvalue weighted by molar-refractivity contribution is -0.122. The first-order valence-corrected chi connectivity index (χ1v) is 6.91. The number of likely N-dealkylation sites (N-methyl/N-ethyl adjacent to an activating group) is 1. The Kier molecular flexibility index (Phi) is 4.91. The minimum atomic E-state index is -0.207. The van der Waals surface area contributed by atoms with E-state index in [9.17, 15) is 9.18 Å². The van der Waals surface area contributed by atoms with Gasteiger partial charge in [0.15, 0.2) is 0 Å². The summed E-state index contributed by atoms with van der Waals surface area (Å²) in [4.78, 5) is 13.8. The van der Waals surface area contributed by atoms with Gasteiger partial charge in [-0.25, -0.2) is 4.39 Å². The Labute approximate surface area is 113 Å². The second kappa shape index (κ2) is 6.66. The normalized spacial score (nSPS) is 20.8. The fraction of sp³-hybridized carbons (Fsp3) is 0.533. The molecule has 0 aromatic heterocycles. The van der Waals surface area contributed by atoms with Crippen molar-refractivity contribution in [2.75, 3.05) is 20.1 Å². The van der Waals surface area contributed by atoms with Gasteiger partial charge in [-0.3, -0.25) is 9.69 Å². The molecule has 1 aliphatic rings. The Balaban J connectivity index is 2.19. The molecular formula is C15H21FN2O. The summed E-state index contributed by atoms with van der Waals surface area (Å²) in [7, 11) is 1.65. The van der Waals surface area contributed by atoms with E-state index in [0.29, 0.717) is 6.54 Å². The molecule has 2 rings (SSSR count). The van der Waals surface area contributed by atoms with Crippen LogP contribution >= 0.6 is 0 Å². The Morgan fingerprint density at radius 1 is 1.42 bits per heavy atom. The molecule has 0 aliphatic carbocycles. The summed E-state index contributed by atoms with van der Waals surface area (Å²) in [5, 5.41) is 2.66. The predicted molar refractivity (Wildman–Crippen MR) is 73.2 cm³/mol. The van der Waals surface area contributed by atoms with Gasteiger partial charge < -0.3 is 5.32 Å². The average Bonchev–Trinajstić information content (AvgIpc) is 2.64. The molecule has 1 heterocycles. The molecule has 1 N–H and O–H groups in total. The smallest absolute Gasteiger partial charge is 0.233 e. The van der Waals surface area contributed by atoms with Gasteiger partial charge in [0, 0.05) is 13.1 Å². The Morgan fingerprint density at radius 2 is 2.26 bits per heavy atom. The number of likely N-dealkylation sites (tertiary alicyclic amines) is 1. The molecule has 1 aliphatic heterocycles. The van der Waals surface area contributed by atoms with Crippen molar-refractivity contribution in [1.82, 2.24) is 10.2 Å². The van der Waals surface area contributed by atoms with Crippen molar-refractivity contribution >= 4 is 5.91 Å². The third kappa shape index (κ3) is 3.77. The molecule has 0 unspecified atom stereocenters. The van der Waals surface area contributed by atoms with Crippen LogP contribution in [0.1, 0.15) is 37.3 Å². The number of halogens is 1. The molecule has 1 fully saturated rings. The zero-order chi connectivity index (χ0) is 13.7. The molecule has 19 heavy (non-hydrogen) atoms. The van der Waals surface area contributed by atoms with Gasteiger partial charge in [-0.15, -0.1) is 0 Å². The molecule has 0 radical (unpaired) electrons. The molecule has 1 aromatic rings. The van der Waals surface area contributed by atoms with Crippen molar-refractivity contribution in [3.8, 4) is 0 Å². The quantitative estimate of drug-likeness (QED) is 0.909. The number of hydrogen-bond donors (Lipinski definition) is 1. The van der Waals surface area contributed by atoms with Gasteiger partial charge in [0.1, 0.15) is 5.82 Å². The molecular weight excluding hydrogens is 243 g/mol. The summed E-state index contributed by atoms with van der Waals surface area (Å²) >= 11 is 0. The van der Waals surface area contributed by atoms with Crippen molar-refractivity contribution in [3.05, 3.63) is 35.6 Å². The molecule has 3 nitrogen and oxygen atoms in total. The van der Waals surface area contributed by atoms with Gasteiger partial charge in [0.05, 0.1) is 6.54 Å². The van der Waals surface area contributed by atoms with Gasteiger partial charge in [0.2, 0.25) is 5.91 Å². The number of amides is 1. The van der Waals surface area contributed by atoms with Crippen molar-refractivity contribution in [1.29, 1.82) is 0 Å². The second-order valence-electron chi connectivity index (χ2n) is 5.06. The minimum absolute atomic E-state index is 0.0169. The minimum Gasteiger partial charge on any atom is -0.358 e. The first-order valence-electron chi connectivity index (χ1n) is 6.91. The van der Waals surface area contributed by atoms with Crippen LogP contribution in [0.3, 0.4) is 0 Å². The van der Waals surface area contributed by atoms with Crippen molar-refractivity contribution in [2.45, 2.75) is 31.7 Å². The van der Waals surface area contributed by atoms with Crippen molar-refractivity contribution in [3.63, 3.8) is 0 Å². The number of rotatable bonds is 3. The van der Waals surface area contributed by atoms with E-state index in [2.05, 4.69) is 10.2 Å². The molecule has 4 heteroatoms. The van der Waals surface area contributed by atoms with Crippen molar-refractivity contribution in [2.24, 2.45) is 0 Å². The van der Waals surface area contributed by atoms with Gasteiger partial charge >= 0.3 is 0 Å². The van der Waals surface area contributed by atoms with Crippen LogP contribution in [-0.2, 0) is 4.79 Å². The number of carbonyl (C=O) groups excluding carboxylic acids is 1. The van der Waals surface area contributed by atoms with Crippen LogP contribution < -0.4 is 5.32 Å². The largest absolute Gasteiger partial charge is 0.358 e. The van der Waals surface area contributed by atoms with E-state index in [1.165, 1.54) is 12.5 Å². The van der Waals surface area contributed by atoms with Crippen LogP contribution in [0.2, 0.25) is 0 Å². The highest BCUT2D eigenvalue weighted by Gasteiger charge is 2.24. The van der Waals surface area contributed by atoms with Crippen LogP contribution in [0.25, 0.3) is 0 Å². The van der Waals surface area contributed by atoms with Crippen molar-refractivity contribution < 1.29 is 9.18 Å². The van der Waals surface area contributed by atoms with Crippen LogP contribution in [0.5, 0.6) is 0 Å². The summed E-state index contributed by atoms with van der Waals surface area (Å²) in [6.07, 6.45) is 4.39. The fourth-order valence-corrected chi connectivity index (χ4v) is 2.71. The Hall–Kier alpha value is -1.42. The van der Waals surface area contributed by atoms with E-state index in [-0.39, 0.29) is 17.8 Å². The zero-order valence-corrected chi connectivity index (χ0v) is 11.4. The predicted octanol–water partition coefficient (Wildman–Crippen LogP) is 2.49. The number of nitrogens with zero attached hydrogens (tertiary/aromatic N) is 1. The standard InChI is InChI=1S/C15H21FN2O/c1-17-15(19)11-18-9-4-2-3-8-14(18)12-6-5-7-13(16)10-12/h5-7,10,14H,2-4,8-9,11H2,1H3,(H,17,19)/t14-/m1/s1. The van der Waals surface area contributed by atoms with E-state index in [1.807, 2.05) is 6.07 Å². The van der Waals surface area contributed by atoms with E-state index < -0.39 is 0 Å². The second-order valence-corrected chi connectivity index (χ2v) is 5.06. The highest BCUT2D eigenvalue weighted by Crippen LogP contribution is 2.30. The summed E-state index contributed by atoms with van der Waals surface area (Å²) in [6, 6.07) is 6.90. The highest BCUT2D eigenvalue weighted by atomic mass is 19.1. The maximum Gasteiger partial charge on any atom is 0.233 e. The number of benzene rings is 1. The lowest BCUT2D eigenvalue weighted by atomic mass is 10.0. The van der Waals surface area contributed by atoms with Gasteiger partial charge in [-0.05, 0) is 37.1 Å². The molecule has 0 saturated carbocycles. The zero-order valence-electron chi connectivity index (χ0n) is 11.4. The van der Waals surface area contributed by atoms with Gasteiger partial charge in [-0.2, -0.15) is 0 Å². The topological polar surface area (TPSA) is 32.3 Å². The number of hydrogen-bond acceptors (Lipinski definition) is 2. The molecule has 0 spiro atoms. The van der Waals surface area contributed by atoms with Crippen LogP contribution in [0, 0.1) is 5.82 Å². The van der Waals surface area contributed by atoms with E-state index in [1.54, 1.807) is 19.2 Å². The maximum atomic E-state index is 13.4. The van der Waals surface area contributed by atoms with Crippen LogP contribution in [0.15, 0.2) is 24.3 Å². The van der Waals surface area contributed by atoms with E-state index in [4.69, 9.17) is 0 Å². The summed E-state index contributed by atoms with van der Waals surface area (Å²) in [5.74, 6) is -0.190. The summed E-state index contributed by atoms with van der Waals surface area (Å²) in [5.41, 5.74) is 0.978. The molecule has 1 atom stereocenters. The fourth-order valence-electron chi connectivity index (χ4n) is 2.71. The van der Waals surface area contributed by atoms with E-state index >= 15 is 0 Å². The monoisotopic (exact) mass is 264 g/mol. The Bertz CT molecular complexity index is 436. The summed E-state index contributed by atoms with van der Waals surface area (Å²) < 4.78 is 13.4. The van der Waals surface area contributed by atoms with Crippen LogP contribution in [0.4, 0.5) is 4.39 Å². The first kappa shape index (κ1) is 14.0. The number of nitrogens with one attached hydrogen (secondary N) is 1. The molecule has 0 bridgehead atoms. The lowest BCUT2D eigenvalue weighted by Crippen LogP contribution is -2.38. The molecule has 104 valence electrons. The third-order valence-corrected chi connectivity index (χ3v) is 3.72. The van der Waals surface area contributed by atoms with Gasteiger partial charge in [0.25, 0.3) is 0 Å². The lowest BCUT2D eigenvalue weighted by Gasteiger charge is -2.29. The average molecular weight is 264 g/mol. The molecule has 1 amide bonds. The SMILES string of the molecule is CNC(=O)CN1CCCCC[C@@H]1c1cccc(F)c1. The highest BCUT2D eigenvalue weighted by molar-refractivity contribution is 5.77.